The highest BCUT2D eigenvalue weighted by atomic mass is 16.5. The summed E-state index contributed by atoms with van der Waals surface area (Å²) in [6.45, 7) is 6.10. The molecule has 0 unspecified atom stereocenters. The fraction of sp³-hybridized carbons (Fsp3) is 0.304. The van der Waals surface area contributed by atoms with E-state index >= 15 is 0 Å². The minimum atomic E-state index is 0.633. The number of aromatic nitrogens is 3. The molecule has 4 rings (SSSR count). The molecule has 0 atom stereocenters. The van der Waals surface area contributed by atoms with Crippen LogP contribution < -0.4 is 19.1 Å². The third-order valence-corrected chi connectivity index (χ3v) is 5.30. The standard InChI is InChI=1S/C23H26N4O3/c1-6-27(7-2)23-16-9-8-15(12-19(16)26(3)25-23)30-20-10-11-24-18-14-22(29-5)21(28-4)13-17(18)20/h8-14H,6-7H2,1-5H3. The molecule has 0 saturated carbocycles. The molecule has 7 nitrogen and oxygen atoms in total. The Morgan fingerprint density at radius 1 is 0.900 bits per heavy atom. The largest absolute Gasteiger partial charge is 0.493 e. The lowest BCUT2D eigenvalue weighted by molar-refractivity contribution is 0.355. The van der Waals surface area contributed by atoms with Gasteiger partial charge in [-0.1, -0.05) is 0 Å². The monoisotopic (exact) mass is 406 g/mol. The Balaban J connectivity index is 1.76. The van der Waals surface area contributed by atoms with E-state index in [-0.39, 0.29) is 0 Å². The number of hydrogen-bond donors (Lipinski definition) is 0. The molecule has 2 aromatic heterocycles. The molecule has 0 amide bonds. The number of fused-ring (bicyclic) bond motifs is 2. The Kier molecular flexibility index (Phi) is 5.35. The SMILES string of the molecule is CCN(CC)c1nn(C)c2cc(Oc3ccnc4cc(OC)c(OC)cc34)ccc12. The summed E-state index contributed by atoms with van der Waals surface area (Å²) in [4.78, 5) is 6.69. The van der Waals surface area contributed by atoms with Gasteiger partial charge in [-0.05, 0) is 38.1 Å². The van der Waals surface area contributed by atoms with Crippen LogP contribution in [0.2, 0.25) is 0 Å². The molecule has 4 aromatic rings. The maximum atomic E-state index is 6.26. The van der Waals surface area contributed by atoms with Crippen molar-refractivity contribution in [2.24, 2.45) is 7.05 Å². The number of nitrogens with zero attached hydrogens (tertiary/aromatic N) is 4. The average Bonchev–Trinajstić information content (AvgIpc) is 3.09. The Labute approximate surface area is 175 Å². The minimum Gasteiger partial charge on any atom is -0.493 e. The van der Waals surface area contributed by atoms with E-state index in [1.165, 1.54) is 0 Å². The molecular weight excluding hydrogens is 380 g/mol. The summed E-state index contributed by atoms with van der Waals surface area (Å²) in [6.07, 6.45) is 1.73. The van der Waals surface area contributed by atoms with E-state index in [1.54, 1.807) is 20.4 Å². The summed E-state index contributed by atoms with van der Waals surface area (Å²) in [7, 11) is 5.18. The Hall–Kier alpha value is -3.48. The smallest absolute Gasteiger partial charge is 0.162 e. The molecule has 0 radical (unpaired) electrons. The molecule has 0 spiro atoms. The molecule has 2 aromatic carbocycles. The summed E-state index contributed by atoms with van der Waals surface area (Å²) in [6, 6.07) is 11.6. The Morgan fingerprint density at radius 3 is 2.33 bits per heavy atom. The Bertz CT molecular complexity index is 1200. The van der Waals surface area contributed by atoms with Crippen molar-refractivity contribution in [1.29, 1.82) is 0 Å². The van der Waals surface area contributed by atoms with Gasteiger partial charge in [0.15, 0.2) is 17.3 Å². The van der Waals surface area contributed by atoms with Crippen molar-refractivity contribution in [1.82, 2.24) is 14.8 Å². The number of benzene rings is 2. The van der Waals surface area contributed by atoms with E-state index < -0.39 is 0 Å². The normalized spacial score (nSPS) is 11.1. The molecule has 0 saturated heterocycles. The van der Waals surface area contributed by atoms with Gasteiger partial charge in [0.1, 0.15) is 11.5 Å². The van der Waals surface area contributed by atoms with Crippen LogP contribution in [-0.2, 0) is 7.05 Å². The van der Waals surface area contributed by atoms with Gasteiger partial charge in [-0.3, -0.25) is 9.67 Å². The number of rotatable bonds is 7. The van der Waals surface area contributed by atoms with Gasteiger partial charge in [-0.2, -0.15) is 5.10 Å². The van der Waals surface area contributed by atoms with Crippen LogP contribution in [0.25, 0.3) is 21.8 Å². The lowest BCUT2D eigenvalue weighted by Gasteiger charge is -2.18. The summed E-state index contributed by atoms with van der Waals surface area (Å²) >= 11 is 0. The quantitative estimate of drug-likeness (QED) is 0.440. The van der Waals surface area contributed by atoms with Crippen molar-refractivity contribution < 1.29 is 14.2 Å². The van der Waals surface area contributed by atoms with Gasteiger partial charge < -0.3 is 19.1 Å². The fourth-order valence-electron chi connectivity index (χ4n) is 3.70. The second-order valence-electron chi connectivity index (χ2n) is 6.93. The van der Waals surface area contributed by atoms with Gasteiger partial charge in [0, 0.05) is 49.2 Å². The molecule has 0 aliphatic carbocycles. The molecule has 7 heteroatoms. The van der Waals surface area contributed by atoms with E-state index in [9.17, 15) is 0 Å². The zero-order valence-electron chi connectivity index (χ0n) is 18.0. The molecule has 0 N–H and O–H groups in total. The van der Waals surface area contributed by atoms with Crippen LogP contribution in [0.5, 0.6) is 23.0 Å². The lowest BCUT2D eigenvalue weighted by Crippen LogP contribution is -2.22. The topological polar surface area (TPSA) is 61.6 Å². The first kappa shape index (κ1) is 19.8. The highest BCUT2D eigenvalue weighted by Gasteiger charge is 2.15. The lowest BCUT2D eigenvalue weighted by atomic mass is 10.1. The number of aryl methyl sites for hydroxylation is 1. The average molecular weight is 406 g/mol. The van der Waals surface area contributed by atoms with Crippen LogP contribution in [0.1, 0.15) is 13.8 Å². The predicted octanol–water partition coefficient (Wildman–Crippen LogP) is 4.78. The number of anilines is 1. The molecule has 156 valence electrons. The third kappa shape index (κ3) is 3.36. The molecule has 0 aliphatic rings. The number of pyridine rings is 1. The van der Waals surface area contributed by atoms with E-state index in [4.69, 9.17) is 19.3 Å². The molecule has 0 bridgehead atoms. The van der Waals surface area contributed by atoms with Crippen molar-refractivity contribution in [2.45, 2.75) is 13.8 Å². The van der Waals surface area contributed by atoms with Crippen molar-refractivity contribution in [3.63, 3.8) is 0 Å². The fourth-order valence-corrected chi connectivity index (χ4v) is 3.70. The third-order valence-electron chi connectivity index (χ3n) is 5.30. The van der Waals surface area contributed by atoms with Crippen LogP contribution in [0.15, 0.2) is 42.6 Å². The molecule has 0 fully saturated rings. The Morgan fingerprint density at radius 2 is 1.63 bits per heavy atom. The maximum absolute atomic E-state index is 6.26. The molecule has 30 heavy (non-hydrogen) atoms. The zero-order valence-corrected chi connectivity index (χ0v) is 18.0. The maximum Gasteiger partial charge on any atom is 0.162 e. The molecule has 2 heterocycles. The number of hydrogen-bond acceptors (Lipinski definition) is 6. The summed E-state index contributed by atoms with van der Waals surface area (Å²) < 4.78 is 19.0. The van der Waals surface area contributed by atoms with Gasteiger partial charge in [0.25, 0.3) is 0 Å². The van der Waals surface area contributed by atoms with Crippen molar-refractivity contribution in [3.05, 3.63) is 42.6 Å². The van der Waals surface area contributed by atoms with Crippen LogP contribution in [0.4, 0.5) is 5.82 Å². The van der Waals surface area contributed by atoms with Gasteiger partial charge in [-0.15, -0.1) is 0 Å². The second kappa shape index (κ2) is 8.10. The highest BCUT2D eigenvalue weighted by Crippen LogP contribution is 2.37. The minimum absolute atomic E-state index is 0.633. The van der Waals surface area contributed by atoms with Crippen molar-refractivity contribution >= 4 is 27.6 Å². The molecule has 0 aliphatic heterocycles. The first-order valence-corrected chi connectivity index (χ1v) is 9.99. The summed E-state index contributed by atoms with van der Waals surface area (Å²) in [5.74, 6) is 3.70. The first-order valence-electron chi connectivity index (χ1n) is 9.99. The zero-order chi connectivity index (χ0) is 21.3. The van der Waals surface area contributed by atoms with Gasteiger partial charge in [0.2, 0.25) is 0 Å². The van der Waals surface area contributed by atoms with Crippen LogP contribution >= 0.6 is 0 Å². The highest BCUT2D eigenvalue weighted by molar-refractivity contribution is 5.92. The van der Waals surface area contributed by atoms with E-state index in [0.29, 0.717) is 17.2 Å². The van der Waals surface area contributed by atoms with E-state index in [2.05, 4.69) is 29.8 Å². The van der Waals surface area contributed by atoms with Crippen molar-refractivity contribution in [2.75, 3.05) is 32.2 Å². The predicted molar refractivity (Wildman–Crippen MR) is 119 cm³/mol. The summed E-state index contributed by atoms with van der Waals surface area (Å²) in [5.41, 5.74) is 1.79. The van der Waals surface area contributed by atoms with E-state index in [1.807, 2.05) is 42.1 Å². The van der Waals surface area contributed by atoms with E-state index in [0.717, 1.165) is 46.5 Å². The van der Waals surface area contributed by atoms with Crippen LogP contribution in [0, 0.1) is 0 Å². The van der Waals surface area contributed by atoms with Gasteiger partial charge >= 0.3 is 0 Å². The number of methoxy groups -OCH3 is 2. The first-order chi connectivity index (χ1) is 14.6. The van der Waals surface area contributed by atoms with Gasteiger partial charge in [0.05, 0.1) is 25.3 Å². The molecular formula is C23H26N4O3. The summed E-state index contributed by atoms with van der Waals surface area (Å²) in [5, 5.41) is 6.68. The van der Waals surface area contributed by atoms with Crippen LogP contribution in [-0.4, -0.2) is 42.1 Å². The number of ether oxygens (including phenoxy) is 3. The van der Waals surface area contributed by atoms with Crippen molar-refractivity contribution in [3.8, 4) is 23.0 Å². The van der Waals surface area contributed by atoms with Gasteiger partial charge in [-0.25, -0.2) is 0 Å². The second-order valence-corrected chi connectivity index (χ2v) is 6.93. The van der Waals surface area contributed by atoms with Crippen LogP contribution in [0.3, 0.4) is 0 Å².